The minimum absolute atomic E-state index is 0.190. The first-order valence-corrected chi connectivity index (χ1v) is 7.04. The first kappa shape index (κ1) is 14.1. The summed E-state index contributed by atoms with van der Waals surface area (Å²) in [5.74, 6) is 1.09. The lowest BCUT2D eigenvalue weighted by Crippen LogP contribution is -2.49. The van der Waals surface area contributed by atoms with Crippen molar-refractivity contribution in [3.63, 3.8) is 0 Å². The largest absolute Gasteiger partial charge is 0.490 e. The number of carbonyl (C=O) groups is 1. The standard InChI is InChI=1S/C16H23NO2/c1-11(2)17-14-9-16(10-14)19-15-6-4-13(5-7-15)8-12(3)18/h4-7,11,14,16-17H,8-10H2,1-3H3. The topological polar surface area (TPSA) is 38.3 Å². The van der Waals surface area contributed by atoms with Gasteiger partial charge in [-0.2, -0.15) is 0 Å². The van der Waals surface area contributed by atoms with E-state index in [1.54, 1.807) is 6.92 Å². The zero-order valence-corrected chi connectivity index (χ0v) is 12.0. The van der Waals surface area contributed by atoms with Crippen molar-refractivity contribution < 1.29 is 9.53 Å². The lowest BCUT2D eigenvalue weighted by molar-refractivity contribution is -0.116. The zero-order chi connectivity index (χ0) is 13.8. The van der Waals surface area contributed by atoms with Gasteiger partial charge in [0.1, 0.15) is 17.6 Å². The third kappa shape index (κ3) is 4.35. The average Bonchev–Trinajstić information content (AvgIpc) is 2.27. The van der Waals surface area contributed by atoms with E-state index in [0.717, 1.165) is 24.2 Å². The van der Waals surface area contributed by atoms with Crippen molar-refractivity contribution in [2.24, 2.45) is 0 Å². The lowest BCUT2D eigenvalue weighted by atomic mass is 9.88. The number of hydrogen-bond donors (Lipinski definition) is 1. The summed E-state index contributed by atoms with van der Waals surface area (Å²) in [5.41, 5.74) is 1.05. The van der Waals surface area contributed by atoms with Crippen molar-refractivity contribution >= 4 is 5.78 Å². The van der Waals surface area contributed by atoms with Crippen LogP contribution in [0.5, 0.6) is 5.75 Å². The minimum atomic E-state index is 0.190. The van der Waals surface area contributed by atoms with Gasteiger partial charge in [0.25, 0.3) is 0 Å². The molecule has 2 rings (SSSR count). The van der Waals surface area contributed by atoms with Gasteiger partial charge >= 0.3 is 0 Å². The Balaban J connectivity index is 1.77. The summed E-state index contributed by atoms with van der Waals surface area (Å²) in [6, 6.07) is 9.00. The van der Waals surface area contributed by atoms with Crippen LogP contribution in [-0.2, 0) is 11.2 Å². The second-order valence-electron chi connectivity index (χ2n) is 5.75. The number of rotatable bonds is 6. The van der Waals surface area contributed by atoms with E-state index in [9.17, 15) is 4.79 Å². The van der Waals surface area contributed by atoms with Crippen molar-refractivity contribution in [3.05, 3.63) is 29.8 Å². The molecule has 0 bridgehead atoms. The van der Waals surface area contributed by atoms with Gasteiger partial charge < -0.3 is 10.1 Å². The fourth-order valence-corrected chi connectivity index (χ4v) is 2.44. The molecule has 0 radical (unpaired) electrons. The molecule has 0 unspecified atom stereocenters. The van der Waals surface area contributed by atoms with Gasteiger partial charge in [0.2, 0.25) is 0 Å². The van der Waals surface area contributed by atoms with Crippen molar-refractivity contribution in [2.45, 2.75) is 58.2 Å². The summed E-state index contributed by atoms with van der Waals surface area (Å²) >= 11 is 0. The number of Topliss-reactive ketones (excluding diaryl/α,β-unsaturated/α-hetero) is 1. The van der Waals surface area contributed by atoms with Crippen LogP contribution in [0.1, 0.15) is 39.2 Å². The van der Waals surface area contributed by atoms with E-state index in [2.05, 4.69) is 19.2 Å². The van der Waals surface area contributed by atoms with E-state index in [-0.39, 0.29) is 5.78 Å². The molecule has 1 aliphatic carbocycles. The summed E-state index contributed by atoms with van der Waals surface area (Å²) in [4.78, 5) is 11.0. The second-order valence-corrected chi connectivity index (χ2v) is 5.75. The van der Waals surface area contributed by atoms with Crippen LogP contribution >= 0.6 is 0 Å². The van der Waals surface area contributed by atoms with E-state index in [4.69, 9.17) is 4.74 Å². The van der Waals surface area contributed by atoms with Crippen LogP contribution in [0.2, 0.25) is 0 Å². The molecule has 1 aromatic rings. The van der Waals surface area contributed by atoms with Crippen LogP contribution in [0.3, 0.4) is 0 Å². The van der Waals surface area contributed by atoms with Crippen LogP contribution < -0.4 is 10.1 Å². The van der Waals surface area contributed by atoms with Gasteiger partial charge in [0.15, 0.2) is 0 Å². The van der Waals surface area contributed by atoms with Gasteiger partial charge in [-0.25, -0.2) is 0 Å². The Morgan fingerprint density at radius 2 is 1.95 bits per heavy atom. The average molecular weight is 261 g/mol. The summed E-state index contributed by atoms with van der Waals surface area (Å²) in [7, 11) is 0. The van der Waals surface area contributed by atoms with Gasteiger partial charge in [0.05, 0.1) is 0 Å². The molecular weight excluding hydrogens is 238 g/mol. The van der Waals surface area contributed by atoms with Crippen molar-refractivity contribution in [3.8, 4) is 5.75 Å². The fourth-order valence-electron chi connectivity index (χ4n) is 2.44. The van der Waals surface area contributed by atoms with Gasteiger partial charge in [-0.1, -0.05) is 26.0 Å². The van der Waals surface area contributed by atoms with Crippen LogP contribution in [0.15, 0.2) is 24.3 Å². The molecule has 0 saturated heterocycles. The molecule has 0 heterocycles. The first-order valence-electron chi connectivity index (χ1n) is 7.04. The summed E-state index contributed by atoms with van der Waals surface area (Å²) in [5, 5.41) is 3.51. The van der Waals surface area contributed by atoms with E-state index < -0.39 is 0 Å². The van der Waals surface area contributed by atoms with Crippen LogP contribution in [0, 0.1) is 0 Å². The predicted molar refractivity (Wildman–Crippen MR) is 76.5 cm³/mol. The molecule has 3 heteroatoms. The Morgan fingerprint density at radius 1 is 1.32 bits per heavy atom. The van der Waals surface area contributed by atoms with Crippen LogP contribution in [0.4, 0.5) is 0 Å². The first-order chi connectivity index (χ1) is 9.02. The monoisotopic (exact) mass is 261 g/mol. The molecule has 1 fully saturated rings. The summed E-state index contributed by atoms with van der Waals surface area (Å²) < 4.78 is 5.90. The number of nitrogens with one attached hydrogen (secondary N) is 1. The number of ketones is 1. The molecule has 19 heavy (non-hydrogen) atoms. The van der Waals surface area contributed by atoms with Crippen LogP contribution in [0.25, 0.3) is 0 Å². The molecule has 0 aliphatic heterocycles. The fraction of sp³-hybridized carbons (Fsp3) is 0.562. The lowest BCUT2D eigenvalue weighted by Gasteiger charge is -2.37. The van der Waals surface area contributed by atoms with E-state index >= 15 is 0 Å². The van der Waals surface area contributed by atoms with Gasteiger partial charge in [-0.15, -0.1) is 0 Å². The van der Waals surface area contributed by atoms with E-state index in [1.165, 1.54) is 0 Å². The maximum Gasteiger partial charge on any atom is 0.134 e. The molecule has 0 amide bonds. The molecule has 104 valence electrons. The Bertz CT molecular complexity index is 419. The predicted octanol–water partition coefficient (Wildman–Crippen LogP) is 2.73. The molecule has 0 atom stereocenters. The zero-order valence-electron chi connectivity index (χ0n) is 12.0. The normalized spacial score (nSPS) is 22.1. The maximum absolute atomic E-state index is 11.0. The van der Waals surface area contributed by atoms with Gasteiger partial charge in [0, 0.05) is 18.5 Å². The number of ether oxygens (including phenoxy) is 1. The quantitative estimate of drug-likeness (QED) is 0.855. The van der Waals surface area contributed by atoms with Crippen molar-refractivity contribution in [1.29, 1.82) is 0 Å². The third-order valence-corrected chi connectivity index (χ3v) is 3.34. The second kappa shape index (κ2) is 6.20. The van der Waals surface area contributed by atoms with E-state index in [1.807, 2.05) is 24.3 Å². The van der Waals surface area contributed by atoms with Crippen molar-refractivity contribution in [2.75, 3.05) is 0 Å². The Hall–Kier alpha value is -1.35. The Kier molecular flexibility index (Phi) is 4.59. The molecule has 0 spiro atoms. The molecule has 1 saturated carbocycles. The van der Waals surface area contributed by atoms with Crippen molar-refractivity contribution in [1.82, 2.24) is 5.32 Å². The summed E-state index contributed by atoms with van der Waals surface area (Å²) in [6.45, 7) is 5.95. The Labute approximate surface area is 115 Å². The molecule has 0 aromatic heterocycles. The minimum Gasteiger partial charge on any atom is -0.490 e. The highest BCUT2D eigenvalue weighted by Gasteiger charge is 2.30. The number of hydrogen-bond acceptors (Lipinski definition) is 3. The molecular formula is C16H23NO2. The molecule has 3 nitrogen and oxygen atoms in total. The SMILES string of the molecule is CC(=O)Cc1ccc(OC2CC(NC(C)C)C2)cc1. The highest BCUT2D eigenvalue weighted by molar-refractivity contribution is 5.78. The van der Waals surface area contributed by atoms with E-state index in [0.29, 0.717) is 24.6 Å². The Morgan fingerprint density at radius 3 is 2.47 bits per heavy atom. The molecule has 1 aromatic carbocycles. The highest BCUT2D eigenvalue weighted by atomic mass is 16.5. The third-order valence-electron chi connectivity index (χ3n) is 3.34. The number of carbonyl (C=O) groups excluding carboxylic acids is 1. The molecule has 1 aliphatic rings. The smallest absolute Gasteiger partial charge is 0.134 e. The van der Waals surface area contributed by atoms with Gasteiger partial charge in [-0.05, 0) is 37.5 Å². The van der Waals surface area contributed by atoms with Gasteiger partial charge in [-0.3, -0.25) is 4.79 Å². The van der Waals surface area contributed by atoms with Crippen LogP contribution in [-0.4, -0.2) is 24.0 Å². The number of benzene rings is 1. The maximum atomic E-state index is 11.0. The highest BCUT2D eigenvalue weighted by Crippen LogP contribution is 2.26. The summed E-state index contributed by atoms with van der Waals surface area (Å²) in [6.07, 6.45) is 2.99. The molecule has 1 N–H and O–H groups in total.